The lowest BCUT2D eigenvalue weighted by Gasteiger charge is -2.40. The molecular formula is C73H127NO8. The fourth-order valence-electron chi connectivity index (χ4n) is 10.3. The van der Waals surface area contributed by atoms with E-state index in [1.165, 1.54) is 186 Å². The molecule has 7 unspecified atom stereocenters. The van der Waals surface area contributed by atoms with Crippen molar-refractivity contribution < 1.29 is 39.8 Å². The molecule has 1 saturated heterocycles. The quantitative estimate of drug-likeness (QED) is 0.0261. The van der Waals surface area contributed by atoms with Crippen LogP contribution in [0.3, 0.4) is 0 Å². The van der Waals surface area contributed by atoms with E-state index in [1.807, 2.05) is 6.08 Å². The van der Waals surface area contributed by atoms with Gasteiger partial charge in [0.1, 0.15) is 24.4 Å². The van der Waals surface area contributed by atoms with Gasteiger partial charge in [-0.15, -0.1) is 0 Å². The Hall–Kier alpha value is -3.15. The maximum atomic E-state index is 13.1. The molecule has 0 saturated carbocycles. The molecule has 0 aromatic carbocycles. The van der Waals surface area contributed by atoms with E-state index in [0.29, 0.717) is 6.42 Å². The Bertz CT molecular complexity index is 1660. The van der Waals surface area contributed by atoms with E-state index >= 15 is 0 Å². The second-order valence-corrected chi connectivity index (χ2v) is 23.2. The van der Waals surface area contributed by atoms with Crippen molar-refractivity contribution in [3.05, 3.63) is 109 Å². The van der Waals surface area contributed by atoms with E-state index in [-0.39, 0.29) is 12.5 Å². The SMILES string of the molecule is CC/C=C\C/C=C\C/C=C\C/C=C\C/C=C\C/C=C\C/C=C\CCCCCCCCCCCCCCCCCCCC(=O)NC(COC1OC(CO)C(O)C(O)C1O)C(O)/C=C/CC/C=C/CCCCCCCCCCCCCCCC. The maximum absolute atomic E-state index is 13.1. The highest BCUT2D eigenvalue weighted by atomic mass is 16.7. The van der Waals surface area contributed by atoms with Gasteiger partial charge < -0.3 is 40.3 Å². The average molecular weight is 1150 g/mol. The Morgan fingerprint density at radius 1 is 0.427 bits per heavy atom. The van der Waals surface area contributed by atoms with E-state index in [4.69, 9.17) is 9.47 Å². The van der Waals surface area contributed by atoms with Crippen LogP contribution in [0.15, 0.2) is 109 Å². The number of unbranched alkanes of at least 4 members (excludes halogenated alkanes) is 32. The molecule has 7 atom stereocenters. The lowest BCUT2D eigenvalue weighted by atomic mass is 9.99. The third-order valence-corrected chi connectivity index (χ3v) is 15.6. The summed E-state index contributed by atoms with van der Waals surface area (Å²) in [6.07, 6.45) is 83.3. The summed E-state index contributed by atoms with van der Waals surface area (Å²) in [5.74, 6) is -0.186. The third kappa shape index (κ3) is 49.1. The van der Waals surface area contributed by atoms with Gasteiger partial charge in [0.15, 0.2) is 6.29 Å². The van der Waals surface area contributed by atoms with Crippen LogP contribution in [0, 0.1) is 0 Å². The minimum Gasteiger partial charge on any atom is -0.394 e. The molecule has 472 valence electrons. The van der Waals surface area contributed by atoms with Gasteiger partial charge in [-0.1, -0.05) is 303 Å². The van der Waals surface area contributed by atoms with E-state index in [0.717, 1.165) is 83.5 Å². The molecular weight excluding hydrogens is 1020 g/mol. The van der Waals surface area contributed by atoms with Crippen LogP contribution in [0.5, 0.6) is 0 Å². The van der Waals surface area contributed by atoms with Crippen LogP contribution in [-0.2, 0) is 14.3 Å². The molecule has 9 heteroatoms. The van der Waals surface area contributed by atoms with Crippen molar-refractivity contribution >= 4 is 5.91 Å². The van der Waals surface area contributed by atoms with Crippen LogP contribution in [-0.4, -0.2) is 87.5 Å². The van der Waals surface area contributed by atoms with E-state index in [9.17, 15) is 30.3 Å². The van der Waals surface area contributed by atoms with Crippen LogP contribution in [0.4, 0.5) is 0 Å². The van der Waals surface area contributed by atoms with Crippen molar-refractivity contribution in [1.82, 2.24) is 5.32 Å². The molecule has 82 heavy (non-hydrogen) atoms. The van der Waals surface area contributed by atoms with Gasteiger partial charge in [-0.3, -0.25) is 4.79 Å². The summed E-state index contributed by atoms with van der Waals surface area (Å²) < 4.78 is 11.3. The zero-order chi connectivity index (χ0) is 59.3. The molecule has 1 fully saturated rings. The van der Waals surface area contributed by atoms with E-state index < -0.39 is 49.5 Å². The van der Waals surface area contributed by atoms with Gasteiger partial charge in [0.05, 0.1) is 25.4 Å². The molecule has 1 heterocycles. The smallest absolute Gasteiger partial charge is 0.220 e. The van der Waals surface area contributed by atoms with Crippen LogP contribution in [0.25, 0.3) is 0 Å². The van der Waals surface area contributed by atoms with Crippen molar-refractivity contribution in [1.29, 1.82) is 0 Å². The topological polar surface area (TPSA) is 149 Å². The number of allylic oxidation sites excluding steroid dienone is 17. The number of rotatable bonds is 58. The van der Waals surface area contributed by atoms with E-state index in [1.54, 1.807) is 6.08 Å². The number of aliphatic hydroxyl groups is 5. The highest BCUT2D eigenvalue weighted by molar-refractivity contribution is 5.76. The summed E-state index contributed by atoms with van der Waals surface area (Å²) in [4.78, 5) is 13.1. The van der Waals surface area contributed by atoms with Crippen molar-refractivity contribution in [2.24, 2.45) is 0 Å². The molecule has 0 radical (unpaired) electrons. The number of nitrogens with one attached hydrogen (secondary N) is 1. The second-order valence-electron chi connectivity index (χ2n) is 23.2. The van der Waals surface area contributed by atoms with Gasteiger partial charge in [-0.05, 0) is 89.9 Å². The first-order chi connectivity index (χ1) is 40.3. The molecule has 0 aromatic rings. The Morgan fingerprint density at radius 2 is 0.768 bits per heavy atom. The molecule has 1 amide bonds. The largest absolute Gasteiger partial charge is 0.394 e. The van der Waals surface area contributed by atoms with Crippen LogP contribution >= 0.6 is 0 Å². The number of ether oxygens (including phenoxy) is 2. The predicted molar refractivity (Wildman–Crippen MR) is 350 cm³/mol. The molecule has 1 rings (SSSR count). The van der Waals surface area contributed by atoms with Crippen LogP contribution < -0.4 is 5.32 Å². The summed E-state index contributed by atoms with van der Waals surface area (Å²) in [6.45, 7) is 3.67. The summed E-state index contributed by atoms with van der Waals surface area (Å²) >= 11 is 0. The molecule has 0 aromatic heterocycles. The number of hydrogen-bond acceptors (Lipinski definition) is 8. The van der Waals surface area contributed by atoms with Crippen LogP contribution in [0.2, 0.25) is 0 Å². The molecule has 1 aliphatic rings. The molecule has 6 N–H and O–H groups in total. The van der Waals surface area contributed by atoms with Crippen molar-refractivity contribution in [2.75, 3.05) is 13.2 Å². The normalized spacial score (nSPS) is 19.0. The second kappa shape index (κ2) is 61.0. The monoisotopic (exact) mass is 1150 g/mol. The Morgan fingerprint density at radius 3 is 1.17 bits per heavy atom. The van der Waals surface area contributed by atoms with Gasteiger partial charge >= 0.3 is 0 Å². The number of amides is 1. The molecule has 0 spiro atoms. The van der Waals surface area contributed by atoms with Gasteiger partial charge in [0.2, 0.25) is 5.91 Å². The summed E-state index contributed by atoms with van der Waals surface area (Å²) in [5.41, 5.74) is 0. The van der Waals surface area contributed by atoms with Crippen molar-refractivity contribution in [2.45, 2.75) is 333 Å². The minimum atomic E-state index is -1.58. The first-order valence-electron chi connectivity index (χ1n) is 34.1. The van der Waals surface area contributed by atoms with Gasteiger partial charge in [0.25, 0.3) is 0 Å². The van der Waals surface area contributed by atoms with Crippen molar-refractivity contribution in [3.8, 4) is 0 Å². The number of hydrogen-bond donors (Lipinski definition) is 6. The highest BCUT2D eigenvalue weighted by Crippen LogP contribution is 2.23. The first kappa shape index (κ1) is 76.9. The summed E-state index contributed by atoms with van der Waals surface area (Å²) in [7, 11) is 0. The van der Waals surface area contributed by atoms with Crippen molar-refractivity contribution in [3.63, 3.8) is 0 Å². The molecule has 9 nitrogen and oxygen atoms in total. The average Bonchev–Trinajstić information content (AvgIpc) is 3.52. The van der Waals surface area contributed by atoms with Crippen LogP contribution in [0.1, 0.15) is 290 Å². The third-order valence-electron chi connectivity index (χ3n) is 15.6. The lowest BCUT2D eigenvalue weighted by molar-refractivity contribution is -0.302. The zero-order valence-corrected chi connectivity index (χ0v) is 52.7. The zero-order valence-electron chi connectivity index (χ0n) is 52.7. The molecule has 0 bridgehead atoms. The number of carbonyl (C=O) groups excluding carboxylic acids is 1. The molecule has 1 aliphatic heterocycles. The Balaban J connectivity index is 2.12. The fourth-order valence-corrected chi connectivity index (χ4v) is 10.3. The van der Waals surface area contributed by atoms with Gasteiger partial charge in [-0.2, -0.15) is 0 Å². The highest BCUT2D eigenvalue weighted by Gasteiger charge is 2.44. The summed E-state index contributed by atoms with van der Waals surface area (Å²) in [5, 5.41) is 54.7. The Kier molecular flexibility index (Phi) is 57.1. The summed E-state index contributed by atoms with van der Waals surface area (Å²) in [6, 6.07) is -0.827. The predicted octanol–water partition coefficient (Wildman–Crippen LogP) is 18.5. The maximum Gasteiger partial charge on any atom is 0.220 e. The first-order valence-corrected chi connectivity index (χ1v) is 34.1. The Labute approximate surface area is 504 Å². The molecule has 0 aliphatic carbocycles. The lowest BCUT2D eigenvalue weighted by Crippen LogP contribution is -2.60. The standard InChI is InChI=1S/C73H127NO8/c1-3-5-7-9-11-13-15-17-19-21-23-25-26-27-28-29-30-31-32-33-34-35-36-37-38-39-40-41-42-43-45-47-49-51-53-55-57-59-61-63-69(77)74-66(65-81-73-72(80)71(79)70(78)68(64-75)82-73)67(76)62-60-58-56-54-52-50-48-46-44-24-22-20-18-16-14-12-10-8-6-4-2/h5,7,11,13,17,19,23,25,27-28,30-31,33-34,52,54,60,62,66-68,70-73,75-76,78-80H,3-4,6,8-10,12,14-16,18,20-22,24,26,29,32,35-51,53,55-59,61,63-65H2,1-2H3,(H,74,77)/b7-5-,13-11-,19-17-,25-23-,28-27-,31-30-,34-33-,54-52+,62-60+. The van der Waals surface area contributed by atoms with Gasteiger partial charge in [-0.25, -0.2) is 0 Å². The fraction of sp³-hybridized carbons (Fsp3) is 0.740. The minimum absolute atomic E-state index is 0.186. The van der Waals surface area contributed by atoms with Gasteiger partial charge in [0, 0.05) is 6.42 Å². The van der Waals surface area contributed by atoms with E-state index in [2.05, 4.69) is 116 Å². The number of aliphatic hydroxyl groups excluding tert-OH is 5. The number of carbonyl (C=O) groups is 1.